The summed E-state index contributed by atoms with van der Waals surface area (Å²) in [4.78, 5) is 21.4. The topological polar surface area (TPSA) is 43.4 Å². The highest BCUT2D eigenvalue weighted by Gasteiger charge is 2.04. The van der Waals surface area contributed by atoms with Gasteiger partial charge < -0.3 is 4.74 Å². The van der Waals surface area contributed by atoms with E-state index in [0.29, 0.717) is 6.61 Å². The molecule has 0 aliphatic rings. The average Bonchev–Trinajstić information content (AvgIpc) is 2.14. The average molecular weight is 218 g/mol. The molecule has 0 fully saturated rings. The summed E-state index contributed by atoms with van der Waals surface area (Å²) in [6.45, 7) is 2.60. The smallest absolute Gasteiger partial charge is 0.306 e. The zero-order valence-corrected chi connectivity index (χ0v) is 9.52. The first-order valence-electron chi connectivity index (χ1n) is 5.04. The van der Waals surface area contributed by atoms with Crippen LogP contribution in [0.3, 0.4) is 0 Å². The van der Waals surface area contributed by atoms with Gasteiger partial charge in [-0.3, -0.25) is 9.59 Å². The maximum absolute atomic E-state index is 11.0. The van der Waals surface area contributed by atoms with Crippen molar-refractivity contribution in [3.05, 3.63) is 0 Å². The summed E-state index contributed by atoms with van der Waals surface area (Å²) < 4.78 is 4.91. The molecule has 0 spiro atoms. The number of thiol groups is 1. The van der Waals surface area contributed by atoms with E-state index in [0.717, 1.165) is 12.8 Å². The minimum Gasteiger partial charge on any atom is -0.466 e. The van der Waals surface area contributed by atoms with E-state index < -0.39 is 0 Å². The van der Waals surface area contributed by atoms with Crippen LogP contribution in [0.4, 0.5) is 0 Å². The van der Waals surface area contributed by atoms with Gasteiger partial charge in [0.05, 0.1) is 13.0 Å². The van der Waals surface area contributed by atoms with Gasteiger partial charge in [-0.25, -0.2) is 0 Å². The van der Waals surface area contributed by atoms with Gasteiger partial charge in [0.1, 0.15) is 0 Å². The Bertz CT molecular complexity index is 180. The molecule has 0 aromatic carbocycles. The third-order valence-electron chi connectivity index (χ3n) is 1.80. The van der Waals surface area contributed by atoms with E-state index in [9.17, 15) is 9.59 Å². The molecule has 0 saturated carbocycles. The van der Waals surface area contributed by atoms with Gasteiger partial charge in [-0.05, 0) is 6.42 Å². The number of carbonyl (C=O) groups is 2. The lowest BCUT2D eigenvalue weighted by Crippen LogP contribution is -2.06. The second kappa shape index (κ2) is 9.06. The summed E-state index contributed by atoms with van der Waals surface area (Å²) in [7, 11) is 0. The molecule has 0 bridgehead atoms. The Morgan fingerprint density at radius 1 is 1.14 bits per heavy atom. The summed E-state index contributed by atoms with van der Waals surface area (Å²) in [6.07, 6.45) is 4.66. The summed E-state index contributed by atoms with van der Waals surface area (Å²) in [6, 6.07) is 0. The van der Waals surface area contributed by atoms with E-state index >= 15 is 0 Å². The molecule has 0 amide bonds. The highest BCUT2D eigenvalue weighted by atomic mass is 32.1. The van der Waals surface area contributed by atoms with Gasteiger partial charge in [0, 0.05) is 6.42 Å². The van der Waals surface area contributed by atoms with Crippen LogP contribution in [-0.2, 0) is 14.3 Å². The van der Waals surface area contributed by atoms with Crippen LogP contribution in [0.5, 0.6) is 0 Å². The van der Waals surface area contributed by atoms with Gasteiger partial charge in [0.2, 0.25) is 0 Å². The fourth-order valence-electron chi connectivity index (χ4n) is 0.996. The standard InChI is InChI=1S/C10H18O3S/c1-2-3-4-5-8-13-9(11)6-7-10(12)14/h2-8H2,1H3,(H,12,14). The van der Waals surface area contributed by atoms with Gasteiger partial charge in [0.15, 0.2) is 5.12 Å². The Morgan fingerprint density at radius 2 is 1.86 bits per heavy atom. The Kier molecular flexibility index (Phi) is 8.73. The molecule has 0 aliphatic carbocycles. The predicted molar refractivity (Wildman–Crippen MR) is 58.3 cm³/mol. The molecule has 0 atom stereocenters. The fourth-order valence-corrected chi connectivity index (χ4v) is 1.11. The number of rotatable bonds is 8. The third-order valence-corrected chi connectivity index (χ3v) is 2.03. The number of esters is 1. The molecular formula is C10H18O3S. The van der Waals surface area contributed by atoms with Crippen LogP contribution < -0.4 is 0 Å². The molecule has 0 aromatic heterocycles. The van der Waals surface area contributed by atoms with Crippen molar-refractivity contribution in [1.29, 1.82) is 0 Å². The van der Waals surface area contributed by atoms with Crippen molar-refractivity contribution < 1.29 is 14.3 Å². The van der Waals surface area contributed by atoms with E-state index in [1.165, 1.54) is 12.8 Å². The molecule has 0 aliphatic heterocycles. The first kappa shape index (κ1) is 13.5. The molecule has 0 saturated heterocycles. The molecular weight excluding hydrogens is 200 g/mol. The highest BCUT2D eigenvalue weighted by Crippen LogP contribution is 2.01. The van der Waals surface area contributed by atoms with Crippen molar-refractivity contribution in [2.45, 2.75) is 45.4 Å². The second-order valence-electron chi connectivity index (χ2n) is 3.17. The minimum atomic E-state index is -0.302. The van der Waals surface area contributed by atoms with Crippen LogP contribution in [0, 0.1) is 0 Å². The maximum Gasteiger partial charge on any atom is 0.306 e. The molecule has 4 heteroatoms. The summed E-state index contributed by atoms with van der Waals surface area (Å²) in [5.41, 5.74) is 0. The lowest BCUT2D eigenvalue weighted by molar-refractivity contribution is -0.144. The van der Waals surface area contributed by atoms with E-state index in [1.807, 2.05) is 0 Å². The predicted octanol–water partition coefficient (Wildman–Crippen LogP) is 2.35. The van der Waals surface area contributed by atoms with Crippen LogP contribution in [0.2, 0.25) is 0 Å². The first-order valence-corrected chi connectivity index (χ1v) is 5.49. The lowest BCUT2D eigenvalue weighted by Gasteiger charge is -2.02. The normalized spacial score (nSPS) is 9.86. The van der Waals surface area contributed by atoms with E-state index in [1.54, 1.807) is 0 Å². The molecule has 82 valence electrons. The van der Waals surface area contributed by atoms with Crippen molar-refractivity contribution in [2.24, 2.45) is 0 Å². The van der Waals surface area contributed by atoms with Gasteiger partial charge in [0.25, 0.3) is 0 Å². The maximum atomic E-state index is 11.0. The van der Waals surface area contributed by atoms with Crippen molar-refractivity contribution in [3.8, 4) is 0 Å². The largest absolute Gasteiger partial charge is 0.466 e. The minimum absolute atomic E-state index is 0.149. The summed E-state index contributed by atoms with van der Waals surface area (Å²) in [5, 5.41) is -0.270. The lowest BCUT2D eigenvalue weighted by atomic mass is 10.2. The molecule has 0 rings (SSSR count). The molecule has 14 heavy (non-hydrogen) atoms. The van der Waals surface area contributed by atoms with Crippen LogP contribution in [-0.4, -0.2) is 17.7 Å². The fraction of sp³-hybridized carbons (Fsp3) is 0.800. The monoisotopic (exact) mass is 218 g/mol. The molecule has 0 N–H and O–H groups in total. The van der Waals surface area contributed by atoms with Crippen LogP contribution >= 0.6 is 12.6 Å². The molecule has 3 nitrogen and oxygen atoms in total. The second-order valence-corrected chi connectivity index (χ2v) is 3.67. The Balaban J connectivity index is 3.22. The number of hydrogen-bond acceptors (Lipinski definition) is 3. The van der Waals surface area contributed by atoms with Crippen molar-refractivity contribution in [2.75, 3.05) is 6.61 Å². The molecule has 0 aromatic rings. The van der Waals surface area contributed by atoms with E-state index in [2.05, 4.69) is 19.6 Å². The van der Waals surface area contributed by atoms with Gasteiger partial charge in [-0.2, -0.15) is 0 Å². The zero-order chi connectivity index (χ0) is 10.8. The van der Waals surface area contributed by atoms with Crippen molar-refractivity contribution in [3.63, 3.8) is 0 Å². The van der Waals surface area contributed by atoms with Gasteiger partial charge >= 0.3 is 5.97 Å². The molecule has 0 heterocycles. The highest BCUT2D eigenvalue weighted by molar-refractivity contribution is 7.96. The number of unbranched alkanes of at least 4 members (excludes halogenated alkanes) is 3. The van der Waals surface area contributed by atoms with Crippen LogP contribution in [0.1, 0.15) is 45.4 Å². The number of carbonyl (C=O) groups excluding carboxylic acids is 2. The molecule has 0 radical (unpaired) electrons. The van der Waals surface area contributed by atoms with Crippen molar-refractivity contribution in [1.82, 2.24) is 0 Å². The number of hydrogen-bond donors (Lipinski definition) is 1. The summed E-state index contributed by atoms with van der Waals surface area (Å²) in [5.74, 6) is -0.302. The van der Waals surface area contributed by atoms with E-state index in [4.69, 9.17) is 4.74 Å². The van der Waals surface area contributed by atoms with E-state index in [-0.39, 0.29) is 23.9 Å². The third kappa shape index (κ3) is 9.58. The molecule has 0 unspecified atom stereocenters. The quantitative estimate of drug-likeness (QED) is 0.386. The van der Waals surface area contributed by atoms with Crippen LogP contribution in [0.25, 0.3) is 0 Å². The Labute approximate surface area is 90.6 Å². The van der Waals surface area contributed by atoms with Gasteiger partial charge in [-0.1, -0.05) is 26.2 Å². The Hall–Kier alpha value is -0.510. The SMILES string of the molecule is CCCCCCOC(=O)CCC(=O)S. The van der Waals surface area contributed by atoms with Gasteiger partial charge in [-0.15, -0.1) is 12.6 Å². The van der Waals surface area contributed by atoms with Crippen LogP contribution in [0.15, 0.2) is 0 Å². The van der Waals surface area contributed by atoms with Crippen molar-refractivity contribution >= 4 is 23.7 Å². The first-order chi connectivity index (χ1) is 6.66. The zero-order valence-electron chi connectivity index (χ0n) is 8.62. The Morgan fingerprint density at radius 3 is 2.43 bits per heavy atom. The summed E-state index contributed by atoms with van der Waals surface area (Å²) >= 11 is 3.56. The number of ether oxygens (including phenoxy) is 1.